The number of nitrogens with zero attached hydrogens (tertiary/aromatic N) is 4. The number of hydrogen-bond donors (Lipinski definition) is 0. The van der Waals surface area contributed by atoms with Crippen LogP contribution in [-0.2, 0) is 29.9 Å². The minimum Gasteiger partial charge on any atom is -0.497 e. The van der Waals surface area contributed by atoms with Gasteiger partial charge in [-0.3, -0.25) is 9.59 Å². The van der Waals surface area contributed by atoms with E-state index in [1.807, 2.05) is 36.4 Å². The summed E-state index contributed by atoms with van der Waals surface area (Å²) in [7, 11) is 3.27. The molecule has 10 bridgehead atoms. The number of allylic oxidation sites excluding steroid dienone is 2. The zero-order valence-corrected chi connectivity index (χ0v) is 29.1. The number of hydrogen-bond acceptors (Lipinski definition) is 8. The summed E-state index contributed by atoms with van der Waals surface area (Å²) >= 11 is 0. The minimum atomic E-state index is -0.858. The van der Waals surface area contributed by atoms with Crippen LogP contribution in [0.1, 0.15) is 50.7 Å². The van der Waals surface area contributed by atoms with Crippen molar-refractivity contribution in [1.29, 1.82) is 0 Å². The van der Waals surface area contributed by atoms with Crippen LogP contribution >= 0.6 is 0 Å². The van der Waals surface area contributed by atoms with Crippen LogP contribution in [0.5, 0.6) is 11.5 Å². The van der Waals surface area contributed by atoms with E-state index in [-0.39, 0.29) is 36.1 Å². The summed E-state index contributed by atoms with van der Waals surface area (Å²) in [4.78, 5) is 33.6. The van der Waals surface area contributed by atoms with Crippen LogP contribution < -0.4 is 9.47 Å². The van der Waals surface area contributed by atoms with E-state index in [2.05, 4.69) is 35.8 Å². The molecule has 10 nitrogen and oxygen atoms in total. The van der Waals surface area contributed by atoms with E-state index in [9.17, 15) is 9.59 Å². The zero-order valence-electron chi connectivity index (χ0n) is 29.1. The summed E-state index contributed by atoms with van der Waals surface area (Å²) in [6.07, 6.45) is 6.96. The Morgan fingerprint density at radius 2 is 1.16 bits per heavy atom. The first-order chi connectivity index (χ1) is 24.4. The fraction of sp³-hybridized carbons (Fsp3) is 0.550. The minimum absolute atomic E-state index is 0.121. The van der Waals surface area contributed by atoms with Gasteiger partial charge in [-0.2, -0.15) is 10.2 Å². The lowest BCUT2D eigenvalue weighted by Gasteiger charge is -2.50. The maximum atomic E-state index is 14.7. The number of ether oxygens (including phenoxy) is 4. The lowest BCUT2D eigenvalue weighted by molar-refractivity contribution is -0.155. The van der Waals surface area contributed by atoms with Gasteiger partial charge >= 0.3 is 0 Å². The highest BCUT2D eigenvalue weighted by Crippen LogP contribution is 2.61. The molecule has 2 aliphatic carbocycles. The first-order valence-electron chi connectivity index (χ1n) is 18.3. The fourth-order valence-electron chi connectivity index (χ4n) is 11.8. The summed E-state index contributed by atoms with van der Waals surface area (Å²) in [5.74, 6) is 2.98. The van der Waals surface area contributed by atoms with Crippen molar-refractivity contribution in [2.45, 2.75) is 74.7 Å². The van der Waals surface area contributed by atoms with Crippen LogP contribution in [0.15, 0.2) is 69.9 Å². The predicted octanol–water partition coefficient (Wildman–Crippen LogP) is 5.79. The van der Waals surface area contributed by atoms with E-state index in [1.54, 1.807) is 14.2 Å². The summed E-state index contributed by atoms with van der Waals surface area (Å²) < 4.78 is 24.5. The molecule has 260 valence electrons. The molecule has 8 aliphatic heterocycles. The normalized spacial score (nSPS) is 40.6. The Kier molecular flexibility index (Phi) is 6.61. The van der Waals surface area contributed by atoms with Gasteiger partial charge < -0.3 is 28.7 Å². The number of azo groups is 1. The molecule has 0 spiro atoms. The number of carbonyl (C=O) groups excluding carboxylic acids is 2. The average Bonchev–Trinajstić information content (AvgIpc) is 3.37. The van der Waals surface area contributed by atoms with Crippen molar-refractivity contribution >= 4 is 23.2 Å². The molecule has 8 heterocycles. The molecule has 0 aromatic heterocycles. The Bertz CT molecular complexity index is 1790. The topological polar surface area (TPSA) is 102 Å². The number of methoxy groups -OCH3 is 2. The van der Waals surface area contributed by atoms with Crippen molar-refractivity contribution in [3.8, 4) is 11.5 Å². The van der Waals surface area contributed by atoms with Crippen LogP contribution in [0.3, 0.4) is 0 Å². The third kappa shape index (κ3) is 3.76. The van der Waals surface area contributed by atoms with Gasteiger partial charge in [-0.25, -0.2) is 0 Å². The van der Waals surface area contributed by atoms with E-state index < -0.39 is 10.8 Å². The lowest BCUT2D eigenvalue weighted by Crippen LogP contribution is -2.59. The Balaban J connectivity index is 1.10. The van der Waals surface area contributed by atoms with Gasteiger partial charge in [-0.05, 0) is 74.6 Å². The number of amides is 2. The van der Waals surface area contributed by atoms with E-state index >= 15 is 0 Å². The van der Waals surface area contributed by atoms with Gasteiger partial charge in [-0.15, -0.1) is 0 Å². The van der Waals surface area contributed by atoms with Gasteiger partial charge in [0, 0.05) is 49.1 Å². The summed E-state index contributed by atoms with van der Waals surface area (Å²) in [5.41, 5.74) is 3.81. The first kappa shape index (κ1) is 30.8. The summed E-state index contributed by atoms with van der Waals surface area (Å²) in [6, 6.07) is 11.9. The molecule has 8 saturated heterocycles. The zero-order chi connectivity index (χ0) is 34.1. The third-order valence-corrected chi connectivity index (χ3v) is 14.2. The molecule has 10 atom stereocenters. The smallest absolute Gasteiger partial charge is 0.236 e. The van der Waals surface area contributed by atoms with Crippen LogP contribution in [0, 0.1) is 23.7 Å². The second-order valence-corrected chi connectivity index (χ2v) is 15.7. The van der Waals surface area contributed by atoms with Crippen molar-refractivity contribution in [2.75, 3.05) is 40.5 Å². The maximum Gasteiger partial charge on any atom is 0.236 e. The molecule has 12 rings (SSSR count). The van der Waals surface area contributed by atoms with E-state index in [1.165, 1.54) is 11.1 Å². The summed E-state index contributed by atoms with van der Waals surface area (Å²) in [6.45, 7) is 6.88. The van der Waals surface area contributed by atoms with Gasteiger partial charge in [-0.1, -0.05) is 35.4 Å². The van der Waals surface area contributed by atoms with Crippen LogP contribution in [0.25, 0.3) is 0 Å². The fourth-order valence-corrected chi connectivity index (χ4v) is 11.8. The summed E-state index contributed by atoms with van der Waals surface area (Å²) in [5, 5.41) is 9.96. The number of rotatable bonds is 6. The average molecular weight is 677 g/mol. The number of fused-ring (bicyclic) bond motifs is 2. The molecule has 2 aromatic carbocycles. The van der Waals surface area contributed by atoms with Crippen molar-refractivity contribution < 1.29 is 28.5 Å². The van der Waals surface area contributed by atoms with Crippen LogP contribution in [0.4, 0.5) is 11.4 Å². The Labute approximate surface area is 292 Å². The van der Waals surface area contributed by atoms with Crippen LogP contribution in [-0.4, -0.2) is 86.4 Å². The maximum absolute atomic E-state index is 14.7. The molecule has 10 fully saturated rings. The highest BCUT2D eigenvalue weighted by molar-refractivity contribution is 5.95. The molecule has 2 amide bonds. The highest BCUT2D eigenvalue weighted by atomic mass is 16.5. The third-order valence-electron chi connectivity index (χ3n) is 14.2. The molecule has 10 heteroatoms. The molecule has 2 aromatic rings. The number of carbonyl (C=O) groups is 2. The second-order valence-electron chi connectivity index (χ2n) is 15.7. The van der Waals surface area contributed by atoms with Gasteiger partial charge in [0.05, 0.1) is 51.0 Å². The van der Waals surface area contributed by atoms with E-state index in [0.29, 0.717) is 85.7 Å². The predicted molar refractivity (Wildman–Crippen MR) is 184 cm³/mol. The standard InChI is InChI=1S/C40H44N4O6/c1-5-21-17-43-33-15-39(37(43)45,35-13-25(21)27(33)19-49-35)29-9-7-23(47-3)11-31(29)41-42-32-12-24(48-4)8-10-30(32)40-16-34-28-20-50-36(40)14-26(28)22(6-2)18-44(34)38(40)46/h5-12,25-28,33-36H,13-20H2,1-4H3/b21-5+,22-6+,42-41?/t25-,26-,27-,28-,33-,34-,35+,36+,39-,40-/m0/s1. The van der Waals surface area contributed by atoms with Crippen molar-refractivity contribution in [2.24, 2.45) is 33.9 Å². The number of benzene rings is 2. The quantitative estimate of drug-likeness (QED) is 0.284. The molecule has 50 heavy (non-hydrogen) atoms. The molecular weight excluding hydrogens is 632 g/mol. The number of piperidine rings is 2. The lowest BCUT2D eigenvalue weighted by atomic mass is 9.69. The first-order valence-corrected chi connectivity index (χ1v) is 18.3. The molecule has 10 aliphatic rings. The van der Waals surface area contributed by atoms with Gasteiger partial charge in [0.25, 0.3) is 0 Å². The van der Waals surface area contributed by atoms with Gasteiger partial charge in [0.15, 0.2) is 0 Å². The Hall–Kier alpha value is -4.02. The molecule has 0 radical (unpaired) electrons. The van der Waals surface area contributed by atoms with Crippen molar-refractivity contribution in [3.63, 3.8) is 0 Å². The Morgan fingerprint density at radius 1 is 0.720 bits per heavy atom. The Morgan fingerprint density at radius 3 is 1.56 bits per heavy atom. The van der Waals surface area contributed by atoms with E-state index in [0.717, 1.165) is 24.0 Å². The van der Waals surface area contributed by atoms with E-state index in [4.69, 9.17) is 29.2 Å². The monoisotopic (exact) mass is 676 g/mol. The van der Waals surface area contributed by atoms with Crippen molar-refractivity contribution in [3.05, 3.63) is 70.8 Å². The SMILES string of the molecule is C/C=C1\CN2C(=O)[C@]3(c4ccc(OC)cc4N=Nc4cc(OC)ccc4[C@@]45C[C@H]6[C@H]7CO[C@@H]4C[C@H]7/C(=C/C)CN6C5=O)C[C@H]2[C@H]2CO[C@@H]3C[C@@H]12. The molecule has 0 unspecified atom stereocenters. The van der Waals surface area contributed by atoms with Gasteiger partial charge in [0.1, 0.15) is 22.3 Å². The second kappa shape index (κ2) is 10.7. The highest BCUT2D eigenvalue weighted by Gasteiger charge is 2.69. The largest absolute Gasteiger partial charge is 0.497 e. The molecule has 0 N–H and O–H groups in total. The van der Waals surface area contributed by atoms with Crippen molar-refractivity contribution in [1.82, 2.24) is 9.80 Å². The molecular formula is C40H44N4O6. The van der Waals surface area contributed by atoms with Crippen LogP contribution in [0.2, 0.25) is 0 Å². The van der Waals surface area contributed by atoms with Gasteiger partial charge in [0.2, 0.25) is 11.8 Å². The molecule has 2 saturated carbocycles.